The zero-order chi connectivity index (χ0) is 49.7. The van der Waals surface area contributed by atoms with Gasteiger partial charge < -0.3 is 14.0 Å². The topological polar surface area (TPSA) is 43.9 Å². The molecule has 10 rings (SSSR count). The smallest absolute Gasteiger partial charge is 0.121 e. The number of nitrogens with zero attached hydrogens (tertiary/aromatic N) is 3. The predicted molar refractivity (Wildman–Crippen MR) is 268 cm³/mol. The Hall–Kier alpha value is -6.39. The van der Waals surface area contributed by atoms with Gasteiger partial charge in [-0.1, -0.05) is 163 Å². The summed E-state index contributed by atoms with van der Waals surface area (Å²) in [4.78, 5) is 9.50. The molecule has 7 aromatic carbocycles. The number of aryl methyl sites for hydroxylation is 2. The molecule has 65 heavy (non-hydrogen) atoms. The molecule has 0 bridgehead atoms. The van der Waals surface area contributed by atoms with Gasteiger partial charge in [0.15, 0.2) is 0 Å². The molecule has 0 saturated heterocycles. The Kier molecular flexibility index (Phi) is 10.9. The van der Waals surface area contributed by atoms with Crippen LogP contribution in [-0.2, 0) is 25.5 Å². The second-order valence-corrected chi connectivity index (χ2v) is 18.1. The molecule has 0 fully saturated rings. The van der Waals surface area contributed by atoms with Crippen LogP contribution in [0.25, 0.3) is 83.6 Å². The number of benzene rings is 7. The van der Waals surface area contributed by atoms with Crippen molar-refractivity contribution in [3.8, 4) is 50.6 Å². The van der Waals surface area contributed by atoms with Gasteiger partial charge in [-0.25, -0.2) is 0 Å². The van der Waals surface area contributed by atoms with Gasteiger partial charge in [-0.05, 0) is 99.1 Å². The molecule has 0 amide bonds. The van der Waals surface area contributed by atoms with E-state index in [0.717, 1.165) is 49.9 Å². The van der Waals surface area contributed by atoms with Gasteiger partial charge in [0.1, 0.15) is 5.58 Å². The minimum atomic E-state index is -2.21. The van der Waals surface area contributed by atoms with Gasteiger partial charge in [0, 0.05) is 45.6 Å². The summed E-state index contributed by atoms with van der Waals surface area (Å²) >= 11 is 0. The molecule has 0 unspecified atom stereocenters. The van der Waals surface area contributed by atoms with Crippen molar-refractivity contribution >= 4 is 33.0 Å². The number of furan rings is 1. The van der Waals surface area contributed by atoms with Gasteiger partial charge >= 0.3 is 0 Å². The number of hydrogen-bond acceptors (Lipinski definition) is 3. The number of para-hydroxylation sites is 2. The van der Waals surface area contributed by atoms with E-state index in [2.05, 4.69) is 165 Å². The van der Waals surface area contributed by atoms with E-state index in [9.17, 15) is 0 Å². The van der Waals surface area contributed by atoms with E-state index in [-0.39, 0.29) is 48.5 Å². The number of pyridine rings is 1. The summed E-state index contributed by atoms with van der Waals surface area (Å²) in [6.07, 6.45) is 1.32. The van der Waals surface area contributed by atoms with E-state index < -0.39 is 13.7 Å². The Morgan fingerprint density at radius 1 is 0.662 bits per heavy atom. The average molecular weight is 1030 g/mol. The van der Waals surface area contributed by atoms with Crippen molar-refractivity contribution < 1.29 is 32.7 Å². The summed E-state index contributed by atoms with van der Waals surface area (Å²) in [5.74, 6) is 1.41. The Morgan fingerprint density at radius 2 is 1.34 bits per heavy atom. The fourth-order valence-electron chi connectivity index (χ4n) is 8.57. The summed E-state index contributed by atoms with van der Waals surface area (Å²) in [5.41, 5.74) is 15.1. The molecule has 327 valence electrons. The third-order valence-corrected chi connectivity index (χ3v) is 11.9. The van der Waals surface area contributed by atoms with Gasteiger partial charge in [-0.2, -0.15) is 0 Å². The van der Waals surface area contributed by atoms with E-state index in [1.54, 1.807) is 12.1 Å². The Morgan fingerprint density at radius 3 is 1.97 bits per heavy atom. The first kappa shape index (κ1) is 37.9. The molecule has 0 aliphatic carbocycles. The number of imidazole rings is 1. The standard InChI is InChI=1S/C43H35N2O.C17H20N.Ir/c1-27(2)36-24-32(30-16-9-6-10-17-30)25-37(28(3)4)41(36)45-39-21-12-11-20-38(39)44-43(45)35-19-13-18-34-33-23-22-31(26-40(33)46-42(34)35)29-14-7-5-8-15-29;1-12-6-9-16(18-11-12)14-8-7-13(2)15(10-14)17(3,4)5;/h5-18,20-28H,1-4H3;6-7,9-11H,1-5H3;/q2*-1;/i;1D3,2D3;. The summed E-state index contributed by atoms with van der Waals surface area (Å²) in [6, 6.07) is 57.9. The fourth-order valence-corrected chi connectivity index (χ4v) is 8.57. The van der Waals surface area contributed by atoms with Crippen LogP contribution in [0.15, 0.2) is 162 Å². The third kappa shape index (κ3) is 9.01. The monoisotopic (exact) mass is 1030 g/mol. The molecule has 4 nitrogen and oxygen atoms in total. The number of aromatic nitrogens is 3. The number of rotatable bonds is 7. The van der Waals surface area contributed by atoms with Gasteiger partial charge in [-0.3, -0.25) is 4.98 Å². The second-order valence-electron chi connectivity index (χ2n) is 18.1. The molecule has 0 N–H and O–H groups in total. The fraction of sp³-hybridized carbons (Fsp3) is 0.200. The first-order valence-corrected chi connectivity index (χ1v) is 22.0. The third-order valence-electron chi connectivity index (χ3n) is 11.9. The van der Waals surface area contributed by atoms with E-state index >= 15 is 0 Å². The van der Waals surface area contributed by atoms with Crippen LogP contribution in [0.3, 0.4) is 0 Å². The minimum Gasteiger partial charge on any atom is -0.501 e. The van der Waals surface area contributed by atoms with Crippen LogP contribution in [0.5, 0.6) is 0 Å². The van der Waals surface area contributed by atoms with Crippen LogP contribution >= 0.6 is 0 Å². The van der Waals surface area contributed by atoms with Crippen LogP contribution in [0.1, 0.15) is 96.3 Å². The summed E-state index contributed by atoms with van der Waals surface area (Å²) in [5, 5.41) is 2.15. The molecule has 0 saturated carbocycles. The SMILES string of the molecule is CC(C)c1cc(-c2ccccc2)cc(C(C)C)c1-n1c(-c2[c-]ccc3c2oc2cc(-c4ccccc4)ccc23)nc2ccccc21.[2H]C([2H])([2H])c1ccc(-c2[c-]cc(C([2H])([2H])[2H])c(C(C)(C)C)c2)nc1.[Ir]. The van der Waals surface area contributed by atoms with Gasteiger partial charge in [0.25, 0.3) is 0 Å². The summed E-state index contributed by atoms with van der Waals surface area (Å²) in [6.45, 7) is 10.6. The van der Waals surface area contributed by atoms with Crippen LogP contribution in [0.2, 0.25) is 0 Å². The summed E-state index contributed by atoms with van der Waals surface area (Å²) in [7, 11) is 0. The van der Waals surface area contributed by atoms with Gasteiger partial charge in [-0.15, -0.1) is 53.1 Å². The van der Waals surface area contributed by atoms with Crippen LogP contribution in [-0.4, -0.2) is 14.5 Å². The molecule has 1 radical (unpaired) electrons. The van der Waals surface area contributed by atoms with E-state index in [0.29, 0.717) is 16.8 Å². The number of hydrogen-bond donors (Lipinski definition) is 0. The average Bonchev–Trinajstić information content (AvgIpc) is 3.92. The Bertz CT molecular complexity index is 3470. The van der Waals surface area contributed by atoms with Crippen molar-refractivity contribution in [3.05, 3.63) is 198 Å². The zero-order valence-electron chi connectivity index (χ0n) is 43.7. The van der Waals surface area contributed by atoms with Crippen molar-refractivity contribution in [2.45, 2.75) is 79.4 Å². The minimum absolute atomic E-state index is 0. The zero-order valence-corrected chi connectivity index (χ0v) is 40.1. The first-order valence-electron chi connectivity index (χ1n) is 25.0. The second kappa shape index (κ2) is 18.6. The molecule has 3 heterocycles. The van der Waals surface area contributed by atoms with E-state index in [1.165, 1.54) is 51.8 Å². The maximum atomic E-state index is 7.70. The molecule has 0 spiro atoms. The van der Waals surface area contributed by atoms with Crippen molar-refractivity contribution in [1.82, 2.24) is 14.5 Å². The molecule has 0 aliphatic heterocycles. The van der Waals surface area contributed by atoms with E-state index in [4.69, 9.17) is 17.6 Å². The Balaban J connectivity index is 0.000000230. The van der Waals surface area contributed by atoms with Crippen LogP contribution in [0, 0.1) is 25.8 Å². The van der Waals surface area contributed by atoms with Gasteiger partial charge in [0.05, 0.1) is 22.4 Å². The molecule has 0 aliphatic rings. The quantitative estimate of drug-likeness (QED) is 0.149. The molecular formula is C60H55IrN3O-2. The first-order chi connectivity index (χ1) is 33.3. The molecular weight excluding hydrogens is 971 g/mol. The van der Waals surface area contributed by atoms with Crippen molar-refractivity contribution in [2.75, 3.05) is 0 Å². The van der Waals surface area contributed by atoms with E-state index in [1.807, 2.05) is 32.9 Å². The largest absolute Gasteiger partial charge is 0.501 e. The maximum Gasteiger partial charge on any atom is 0.121 e. The van der Waals surface area contributed by atoms with Crippen molar-refractivity contribution in [3.63, 3.8) is 0 Å². The summed E-state index contributed by atoms with van der Waals surface area (Å²) < 4.78 is 54.4. The van der Waals surface area contributed by atoms with Gasteiger partial charge in [0.2, 0.25) is 0 Å². The van der Waals surface area contributed by atoms with Crippen LogP contribution in [0.4, 0.5) is 0 Å². The molecule has 5 heteroatoms. The van der Waals surface area contributed by atoms with Crippen LogP contribution < -0.4 is 0 Å². The molecule has 0 atom stereocenters. The Labute approximate surface area is 406 Å². The predicted octanol–water partition coefficient (Wildman–Crippen LogP) is 16.4. The van der Waals surface area contributed by atoms with Crippen molar-refractivity contribution in [1.29, 1.82) is 0 Å². The number of fused-ring (bicyclic) bond motifs is 4. The molecule has 3 aromatic heterocycles. The maximum absolute atomic E-state index is 7.70. The van der Waals surface area contributed by atoms with Crippen molar-refractivity contribution in [2.24, 2.45) is 0 Å². The molecule has 10 aromatic rings. The normalized spacial score (nSPS) is 13.4.